The van der Waals surface area contributed by atoms with E-state index in [1.54, 1.807) is 74.8 Å². The maximum Gasteiger partial charge on any atom is 1.00 e. The van der Waals surface area contributed by atoms with Crippen molar-refractivity contribution in [3.05, 3.63) is 120 Å². The third kappa shape index (κ3) is 13.1. The van der Waals surface area contributed by atoms with Crippen LogP contribution in [-0.4, -0.2) is 106 Å². The summed E-state index contributed by atoms with van der Waals surface area (Å²) in [6.07, 6.45) is 0. The molecule has 24 heteroatoms. The monoisotopic (exact) mass is 900 g/mol. The van der Waals surface area contributed by atoms with Crippen molar-refractivity contribution in [1.29, 1.82) is 0 Å². The van der Waals surface area contributed by atoms with Crippen molar-refractivity contribution in [2.75, 3.05) is 71.5 Å². The van der Waals surface area contributed by atoms with E-state index in [4.69, 9.17) is 0 Å². The molecule has 0 aliphatic heterocycles. The van der Waals surface area contributed by atoms with Gasteiger partial charge in [0.25, 0.3) is 0 Å². The Bertz CT molecular complexity index is 2520. The molecular formula is C38H38N12Na2O8S2. The fourth-order valence-electron chi connectivity index (χ4n) is 5.63. The topological polar surface area (TPSA) is 287 Å². The van der Waals surface area contributed by atoms with E-state index in [2.05, 4.69) is 51.2 Å². The molecule has 0 bridgehead atoms. The van der Waals surface area contributed by atoms with Gasteiger partial charge in [0.2, 0.25) is 35.7 Å². The quantitative estimate of drug-likeness (QED) is 0.0290. The fourth-order valence-corrected chi connectivity index (χ4v) is 7.00. The molecule has 0 radical (unpaired) electrons. The number of aromatic nitrogens is 6. The van der Waals surface area contributed by atoms with Crippen molar-refractivity contribution in [3.63, 3.8) is 0 Å². The second-order valence-corrected chi connectivity index (χ2v) is 15.4. The summed E-state index contributed by atoms with van der Waals surface area (Å²) in [7, 11) is -7.30. The molecule has 0 aliphatic carbocycles. The molecule has 6 rings (SSSR count). The van der Waals surface area contributed by atoms with Gasteiger partial charge in [0.15, 0.2) is 0 Å². The van der Waals surface area contributed by atoms with Crippen molar-refractivity contribution < 1.29 is 95.3 Å². The zero-order valence-electron chi connectivity index (χ0n) is 34.0. The van der Waals surface area contributed by atoms with Crippen LogP contribution in [0.1, 0.15) is 11.1 Å². The van der Waals surface area contributed by atoms with E-state index < -0.39 is 30.0 Å². The first-order valence-electron chi connectivity index (χ1n) is 17.9. The molecule has 0 saturated carbocycles. The molecule has 2 heterocycles. The summed E-state index contributed by atoms with van der Waals surface area (Å²) in [6, 6.07) is 27.9. The van der Waals surface area contributed by atoms with Gasteiger partial charge in [-0.25, -0.2) is 16.8 Å². The Morgan fingerprint density at radius 3 is 1.18 bits per heavy atom. The van der Waals surface area contributed by atoms with Crippen LogP contribution in [0.3, 0.4) is 0 Å². The van der Waals surface area contributed by atoms with Gasteiger partial charge >= 0.3 is 59.1 Å². The molecule has 0 saturated heterocycles. The van der Waals surface area contributed by atoms with Gasteiger partial charge in [-0.1, -0.05) is 72.8 Å². The molecule has 0 aliphatic rings. The minimum Gasteiger partial charge on any atom is -0.744 e. The normalized spacial score (nSPS) is 11.6. The number of benzene rings is 4. The Morgan fingerprint density at radius 1 is 0.516 bits per heavy atom. The number of para-hydroxylation sites is 2. The number of nitrogens with zero attached hydrogens (tertiary/aromatic N) is 8. The van der Waals surface area contributed by atoms with Crippen LogP contribution < -0.4 is 90.2 Å². The number of likely N-dealkylation sites (N-methyl/N-ethyl adjacent to an activating group) is 2. The van der Waals surface area contributed by atoms with E-state index in [1.807, 2.05) is 0 Å². The number of nitrogens with one attached hydrogen (secondary N) is 4. The number of aliphatic hydroxyl groups excluding tert-OH is 2. The van der Waals surface area contributed by atoms with Crippen LogP contribution in [-0.2, 0) is 20.2 Å². The maximum atomic E-state index is 12.9. The molecular weight excluding hydrogens is 863 g/mol. The predicted octanol–water partition coefficient (Wildman–Crippen LogP) is -2.73. The number of rotatable bonds is 18. The first-order valence-corrected chi connectivity index (χ1v) is 20.7. The van der Waals surface area contributed by atoms with E-state index in [0.29, 0.717) is 11.4 Å². The zero-order chi connectivity index (χ0) is 42.9. The largest absolute Gasteiger partial charge is 1.00 e. The van der Waals surface area contributed by atoms with Crippen LogP contribution in [0.15, 0.2) is 119 Å². The molecule has 20 nitrogen and oxygen atoms in total. The second kappa shape index (κ2) is 22.5. The molecule has 0 spiro atoms. The van der Waals surface area contributed by atoms with Crippen LogP contribution in [0.5, 0.6) is 0 Å². The summed E-state index contributed by atoms with van der Waals surface area (Å²) in [5.41, 5.74) is -0.0828. The van der Waals surface area contributed by atoms with Crippen molar-refractivity contribution in [1.82, 2.24) is 29.9 Å². The van der Waals surface area contributed by atoms with Crippen LogP contribution in [0.25, 0.3) is 11.4 Å². The van der Waals surface area contributed by atoms with Gasteiger partial charge in [-0.2, -0.15) is 29.9 Å². The molecule has 0 fully saturated rings. The molecule has 0 unspecified atom stereocenters. The van der Waals surface area contributed by atoms with Gasteiger partial charge in [0.1, 0.15) is 20.2 Å². The standard InChI is InChI=1S/C38H40N12O8S2.2Na/c1-49(21-23-51)37-45-33(39-25-13-5-3-6-14-25)43-35(47-37)41-31(27-17-9-11-19-29(27)59(53,54)55)32(28-18-10-12-20-30(28)60(56,57)58)42-36-44-34(40-26-15-7-4-8-16-26)46-38(48-36)50(2)22-24-52;;/h3-20,51-52H,21-24H2,1-2H3,(H,53,54,55)(H,56,57,58)(H2,39,41,43,45,47)(H2,40,42,44,46,48);;/q;2*+1/p-2. The number of hydrogen-bond acceptors (Lipinski definition) is 20. The molecule has 2 aromatic heterocycles. The van der Waals surface area contributed by atoms with E-state index in [9.17, 15) is 36.2 Å². The van der Waals surface area contributed by atoms with Gasteiger partial charge in [-0.3, -0.25) is 0 Å². The number of aliphatic hydroxyl groups is 2. The van der Waals surface area contributed by atoms with Gasteiger partial charge < -0.3 is 50.4 Å². The smallest absolute Gasteiger partial charge is 0.744 e. The third-order valence-corrected chi connectivity index (χ3v) is 10.2. The van der Waals surface area contributed by atoms with Crippen LogP contribution in [0.2, 0.25) is 0 Å². The summed E-state index contributed by atoms with van der Waals surface area (Å²) < 4.78 is 77.4. The predicted molar refractivity (Wildman–Crippen MR) is 223 cm³/mol. The SMILES string of the molecule is CN(CCO)c1nc(NC(=C(Nc2nc(Nc3ccccc3)nc(N(C)CCO)n2)c2ccccc2S(=O)(=O)[O-])c2ccccc2S(=O)(=O)[O-])nc(Nc2ccccc2)n1.[Na+].[Na+]. The van der Waals surface area contributed by atoms with E-state index in [0.717, 1.165) is 12.1 Å². The maximum absolute atomic E-state index is 12.9. The molecule has 6 aromatic rings. The minimum absolute atomic E-state index is 0. The van der Waals surface area contributed by atoms with E-state index in [-0.39, 0.29) is 144 Å². The molecule has 62 heavy (non-hydrogen) atoms. The molecule has 0 atom stereocenters. The average molecular weight is 901 g/mol. The Labute approximate surface area is 402 Å². The summed E-state index contributed by atoms with van der Waals surface area (Å²) in [5.74, 6) is -0.471. The van der Waals surface area contributed by atoms with Gasteiger partial charge in [0.05, 0.1) is 34.4 Å². The summed E-state index contributed by atoms with van der Waals surface area (Å²) in [4.78, 5) is 28.5. The average Bonchev–Trinajstić information content (AvgIpc) is 3.22. The number of hydrogen-bond donors (Lipinski definition) is 6. The Balaban J connectivity index is 0.00000422. The summed E-state index contributed by atoms with van der Waals surface area (Å²) in [6.45, 7) is -0.379. The van der Waals surface area contributed by atoms with Gasteiger partial charge in [-0.15, -0.1) is 0 Å². The summed E-state index contributed by atoms with van der Waals surface area (Å²) in [5, 5.41) is 31.6. The fraction of sp³-hybridized carbons (Fsp3) is 0.158. The first-order chi connectivity index (χ1) is 28.7. The molecule has 4 aromatic carbocycles. The van der Waals surface area contributed by atoms with Gasteiger partial charge in [0, 0.05) is 49.7 Å². The van der Waals surface area contributed by atoms with Crippen molar-refractivity contribution in [3.8, 4) is 0 Å². The molecule has 6 N–H and O–H groups in total. The summed E-state index contributed by atoms with van der Waals surface area (Å²) >= 11 is 0. The van der Waals surface area contributed by atoms with Crippen molar-refractivity contribution in [2.45, 2.75) is 9.79 Å². The van der Waals surface area contributed by atoms with Crippen LogP contribution in [0, 0.1) is 0 Å². The van der Waals surface area contributed by atoms with E-state index in [1.165, 1.54) is 46.2 Å². The van der Waals surface area contributed by atoms with Crippen LogP contribution in [0.4, 0.5) is 47.1 Å². The molecule has 0 amide bonds. The van der Waals surface area contributed by atoms with Crippen LogP contribution >= 0.6 is 0 Å². The zero-order valence-corrected chi connectivity index (χ0v) is 39.6. The van der Waals surface area contributed by atoms with E-state index >= 15 is 0 Å². The third-order valence-electron chi connectivity index (χ3n) is 8.44. The Morgan fingerprint density at radius 2 is 0.839 bits per heavy atom. The van der Waals surface area contributed by atoms with Crippen molar-refractivity contribution in [2.24, 2.45) is 0 Å². The van der Waals surface area contributed by atoms with Gasteiger partial charge in [-0.05, 0) is 36.4 Å². The number of anilines is 8. The van der Waals surface area contributed by atoms with Crippen molar-refractivity contribution >= 4 is 78.7 Å². The first kappa shape index (κ1) is 49.8. The Hall–Kier alpha value is -4.82. The second-order valence-electron chi connectivity index (χ2n) is 12.7. The minimum atomic E-state index is -5.26. The molecule has 312 valence electrons. The Kier molecular flexibility index (Phi) is 18.1.